The second-order valence-corrected chi connectivity index (χ2v) is 4.92. The Kier molecular flexibility index (Phi) is 3.65. The lowest BCUT2D eigenvalue weighted by atomic mass is 10.1. The zero-order chi connectivity index (χ0) is 11.4. The zero-order valence-corrected chi connectivity index (χ0v) is 10.1. The van der Waals surface area contributed by atoms with Crippen molar-refractivity contribution in [3.05, 3.63) is 60.2 Å². The van der Waals surface area contributed by atoms with E-state index in [1.807, 2.05) is 13.0 Å². The van der Waals surface area contributed by atoms with Gasteiger partial charge in [-0.05, 0) is 36.8 Å². The van der Waals surface area contributed by atoms with Crippen LogP contribution in [0.4, 0.5) is 0 Å². The summed E-state index contributed by atoms with van der Waals surface area (Å²) in [7, 11) is 0. The third-order valence-electron chi connectivity index (χ3n) is 2.38. The Morgan fingerprint density at radius 2 is 1.44 bits per heavy atom. The number of nitrogens with two attached hydrogens (primary N) is 1. The topological polar surface area (TPSA) is 26.0 Å². The van der Waals surface area contributed by atoms with Gasteiger partial charge in [0.1, 0.15) is 0 Å². The Labute approximate surface area is 101 Å². The van der Waals surface area contributed by atoms with Crippen LogP contribution in [0.2, 0.25) is 0 Å². The first-order valence-corrected chi connectivity index (χ1v) is 6.16. The highest BCUT2D eigenvalue weighted by atomic mass is 32.2. The molecular weight excluding hydrogens is 214 g/mol. The minimum atomic E-state index is 0.107. The smallest absolute Gasteiger partial charge is 0.0266 e. The van der Waals surface area contributed by atoms with Crippen molar-refractivity contribution in [3.8, 4) is 0 Å². The van der Waals surface area contributed by atoms with Crippen LogP contribution in [-0.2, 0) is 0 Å². The van der Waals surface area contributed by atoms with Crippen molar-refractivity contribution < 1.29 is 0 Å². The van der Waals surface area contributed by atoms with Crippen LogP contribution in [-0.4, -0.2) is 0 Å². The molecule has 0 heterocycles. The lowest BCUT2D eigenvalue weighted by Crippen LogP contribution is -2.04. The molecule has 16 heavy (non-hydrogen) atoms. The molecule has 0 aliphatic carbocycles. The van der Waals surface area contributed by atoms with Gasteiger partial charge in [0.2, 0.25) is 0 Å². The highest BCUT2D eigenvalue weighted by molar-refractivity contribution is 7.99. The summed E-state index contributed by atoms with van der Waals surface area (Å²) in [6.07, 6.45) is 0. The Morgan fingerprint density at radius 3 is 2.00 bits per heavy atom. The van der Waals surface area contributed by atoms with Gasteiger partial charge in [-0.2, -0.15) is 0 Å². The van der Waals surface area contributed by atoms with Crippen molar-refractivity contribution in [1.82, 2.24) is 0 Å². The van der Waals surface area contributed by atoms with Gasteiger partial charge in [0.25, 0.3) is 0 Å². The van der Waals surface area contributed by atoms with Crippen LogP contribution in [0.1, 0.15) is 18.5 Å². The van der Waals surface area contributed by atoms with Crippen LogP contribution in [0.15, 0.2) is 64.4 Å². The van der Waals surface area contributed by atoms with Crippen molar-refractivity contribution in [2.45, 2.75) is 22.8 Å². The number of hydrogen-bond acceptors (Lipinski definition) is 2. The predicted molar refractivity (Wildman–Crippen MR) is 69.6 cm³/mol. The quantitative estimate of drug-likeness (QED) is 0.865. The Balaban J connectivity index is 2.11. The first-order chi connectivity index (χ1) is 7.75. The van der Waals surface area contributed by atoms with Crippen LogP contribution in [0, 0.1) is 0 Å². The summed E-state index contributed by atoms with van der Waals surface area (Å²) >= 11 is 1.77. The molecule has 2 heteroatoms. The molecule has 0 saturated carbocycles. The summed E-state index contributed by atoms with van der Waals surface area (Å²) in [5.41, 5.74) is 6.99. The molecule has 2 aromatic rings. The van der Waals surface area contributed by atoms with E-state index >= 15 is 0 Å². The maximum Gasteiger partial charge on any atom is 0.0266 e. The Bertz CT molecular complexity index is 434. The van der Waals surface area contributed by atoms with Gasteiger partial charge in [0.15, 0.2) is 0 Å². The predicted octanol–water partition coefficient (Wildman–Crippen LogP) is 3.86. The maximum atomic E-state index is 5.81. The van der Waals surface area contributed by atoms with Crippen molar-refractivity contribution in [1.29, 1.82) is 0 Å². The molecule has 2 aromatic carbocycles. The molecule has 0 saturated heterocycles. The van der Waals surface area contributed by atoms with Crippen molar-refractivity contribution >= 4 is 11.8 Å². The van der Waals surface area contributed by atoms with Gasteiger partial charge in [0.05, 0.1) is 0 Å². The SMILES string of the molecule is CC(N)c1ccc(Sc2ccccc2)cc1. The molecule has 0 aliphatic rings. The fourth-order valence-corrected chi connectivity index (χ4v) is 2.30. The van der Waals surface area contributed by atoms with Gasteiger partial charge in [0, 0.05) is 15.8 Å². The average Bonchev–Trinajstić information content (AvgIpc) is 2.31. The zero-order valence-electron chi connectivity index (χ0n) is 9.26. The van der Waals surface area contributed by atoms with Crippen LogP contribution >= 0.6 is 11.8 Å². The highest BCUT2D eigenvalue weighted by Crippen LogP contribution is 2.27. The molecule has 1 unspecified atom stereocenters. The van der Waals surface area contributed by atoms with Gasteiger partial charge in [-0.1, -0.05) is 42.1 Å². The summed E-state index contributed by atoms with van der Waals surface area (Å²) in [5, 5.41) is 0. The highest BCUT2D eigenvalue weighted by Gasteiger charge is 2.00. The van der Waals surface area contributed by atoms with Gasteiger partial charge in [-0.25, -0.2) is 0 Å². The molecule has 82 valence electrons. The minimum absolute atomic E-state index is 0.107. The summed E-state index contributed by atoms with van der Waals surface area (Å²) in [5.74, 6) is 0. The third-order valence-corrected chi connectivity index (χ3v) is 3.40. The fraction of sp³-hybridized carbons (Fsp3) is 0.143. The van der Waals surface area contributed by atoms with E-state index in [1.165, 1.54) is 15.4 Å². The first kappa shape index (κ1) is 11.2. The molecular formula is C14H15NS. The fourth-order valence-electron chi connectivity index (χ4n) is 1.46. The Morgan fingerprint density at radius 1 is 0.875 bits per heavy atom. The molecule has 1 nitrogen and oxygen atoms in total. The molecule has 2 rings (SSSR count). The van der Waals surface area contributed by atoms with Crippen molar-refractivity contribution in [3.63, 3.8) is 0 Å². The van der Waals surface area contributed by atoms with Gasteiger partial charge < -0.3 is 5.73 Å². The second-order valence-electron chi connectivity index (χ2n) is 3.77. The number of rotatable bonds is 3. The molecule has 0 spiro atoms. The molecule has 0 bridgehead atoms. The second kappa shape index (κ2) is 5.19. The molecule has 0 amide bonds. The largest absolute Gasteiger partial charge is 0.324 e. The van der Waals surface area contributed by atoms with E-state index in [2.05, 4.69) is 48.5 Å². The maximum absolute atomic E-state index is 5.81. The molecule has 0 radical (unpaired) electrons. The number of benzene rings is 2. The average molecular weight is 229 g/mol. The standard InChI is InChI=1S/C14H15NS/c1-11(15)12-7-9-14(10-8-12)16-13-5-3-2-4-6-13/h2-11H,15H2,1H3. The summed E-state index contributed by atoms with van der Waals surface area (Å²) in [6.45, 7) is 2.00. The first-order valence-electron chi connectivity index (χ1n) is 5.34. The van der Waals surface area contributed by atoms with Crippen LogP contribution in [0.25, 0.3) is 0 Å². The summed E-state index contributed by atoms with van der Waals surface area (Å²) < 4.78 is 0. The molecule has 0 aromatic heterocycles. The lowest BCUT2D eigenvalue weighted by Gasteiger charge is -2.06. The monoisotopic (exact) mass is 229 g/mol. The van der Waals surface area contributed by atoms with Crippen molar-refractivity contribution in [2.24, 2.45) is 5.73 Å². The molecule has 0 fully saturated rings. The van der Waals surface area contributed by atoms with E-state index in [4.69, 9.17) is 5.73 Å². The molecule has 2 N–H and O–H groups in total. The van der Waals surface area contributed by atoms with E-state index in [0.29, 0.717) is 0 Å². The van der Waals surface area contributed by atoms with E-state index in [9.17, 15) is 0 Å². The summed E-state index contributed by atoms with van der Waals surface area (Å²) in [4.78, 5) is 2.51. The van der Waals surface area contributed by atoms with E-state index in [-0.39, 0.29) is 6.04 Å². The summed E-state index contributed by atoms with van der Waals surface area (Å²) in [6, 6.07) is 18.9. The van der Waals surface area contributed by atoms with E-state index in [1.54, 1.807) is 11.8 Å². The minimum Gasteiger partial charge on any atom is -0.324 e. The van der Waals surface area contributed by atoms with Gasteiger partial charge in [-0.15, -0.1) is 0 Å². The van der Waals surface area contributed by atoms with Gasteiger partial charge >= 0.3 is 0 Å². The van der Waals surface area contributed by atoms with Crippen LogP contribution in [0.3, 0.4) is 0 Å². The normalized spacial score (nSPS) is 12.4. The Hall–Kier alpha value is -1.25. The van der Waals surface area contributed by atoms with Crippen molar-refractivity contribution in [2.75, 3.05) is 0 Å². The van der Waals surface area contributed by atoms with Crippen LogP contribution < -0.4 is 5.73 Å². The molecule has 1 atom stereocenters. The molecule has 0 aliphatic heterocycles. The lowest BCUT2D eigenvalue weighted by molar-refractivity contribution is 0.817. The third kappa shape index (κ3) is 2.87. The van der Waals surface area contributed by atoms with Crippen LogP contribution in [0.5, 0.6) is 0 Å². The van der Waals surface area contributed by atoms with E-state index in [0.717, 1.165) is 0 Å². The number of hydrogen-bond donors (Lipinski definition) is 1. The van der Waals surface area contributed by atoms with E-state index < -0.39 is 0 Å². The van der Waals surface area contributed by atoms with Gasteiger partial charge in [-0.3, -0.25) is 0 Å².